The zero-order valence-corrected chi connectivity index (χ0v) is 13.7. The first kappa shape index (κ1) is 16.0. The Morgan fingerprint density at radius 2 is 2.14 bits per heavy atom. The summed E-state index contributed by atoms with van der Waals surface area (Å²) in [4.78, 5) is 14.3. The quantitative estimate of drug-likeness (QED) is 0.903. The van der Waals surface area contributed by atoms with Gasteiger partial charge in [0.2, 0.25) is 5.91 Å². The van der Waals surface area contributed by atoms with Gasteiger partial charge in [0.1, 0.15) is 0 Å². The van der Waals surface area contributed by atoms with Crippen LogP contribution in [0.1, 0.15) is 51.7 Å². The van der Waals surface area contributed by atoms with E-state index in [1.165, 1.54) is 11.1 Å². The monoisotopic (exact) mass is 288 g/mol. The van der Waals surface area contributed by atoms with E-state index in [4.69, 9.17) is 5.73 Å². The number of hydrogen-bond acceptors (Lipinski definition) is 2. The predicted molar refractivity (Wildman–Crippen MR) is 88.5 cm³/mol. The van der Waals surface area contributed by atoms with E-state index in [0.717, 1.165) is 31.4 Å². The molecule has 0 aromatic heterocycles. The maximum atomic E-state index is 12.4. The molecule has 0 aliphatic carbocycles. The van der Waals surface area contributed by atoms with Crippen molar-refractivity contribution in [3.8, 4) is 0 Å². The first-order valence-electron chi connectivity index (χ1n) is 8.14. The van der Waals surface area contributed by atoms with E-state index in [0.29, 0.717) is 0 Å². The van der Waals surface area contributed by atoms with Crippen molar-refractivity contribution in [2.45, 2.75) is 65.5 Å². The summed E-state index contributed by atoms with van der Waals surface area (Å²) in [6, 6.07) is 6.98. The summed E-state index contributed by atoms with van der Waals surface area (Å²) in [5, 5.41) is 0. The van der Waals surface area contributed by atoms with Crippen molar-refractivity contribution in [3.63, 3.8) is 0 Å². The molecule has 3 heteroatoms. The van der Waals surface area contributed by atoms with Crippen LogP contribution in [-0.4, -0.2) is 18.0 Å². The summed E-state index contributed by atoms with van der Waals surface area (Å²) in [7, 11) is 0. The minimum atomic E-state index is 0.0380. The van der Waals surface area contributed by atoms with Gasteiger partial charge in [0, 0.05) is 23.7 Å². The lowest BCUT2D eigenvalue weighted by Crippen LogP contribution is -2.38. The molecule has 1 amide bonds. The van der Waals surface area contributed by atoms with Crippen LogP contribution in [0.5, 0.6) is 0 Å². The smallest absolute Gasteiger partial charge is 0.229 e. The maximum Gasteiger partial charge on any atom is 0.229 e. The predicted octanol–water partition coefficient (Wildman–Crippen LogP) is 3.29. The Labute approximate surface area is 128 Å². The number of anilines is 1. The largest absolute Gasteiger partial charge is 0.327 e. The number of nitrogens with zero attached hydrogens (tertiary/aromatic N) is 1. The van der Waals surface area contributed by atoms with E-state index in [1.807, 2.05) is 18.7 Å². The lowest BCUT2D eigenvalue weighted by atomic mass is 10.00. The number of benzene rings is 1. The molecule has 2 unspecified atom stereocenters. The van der Waals surface area contributed by atoms with Gasteiger partial charge in [-0.25, -0.2) is 0 Å². The summed E-state index contributed by atoms with van der Waals surface area (Å²) in [5.41, 5.74) is 9.81. The fourth-order valence-electron chi connectivity index (χ4n) is 3.20. The van der Waals surface area contributed by atoms with E-state index < -0.39 is 0 Å². The highest BCUT2D eigenvalue weighted by Crippen LogP contribution is 2.34. The molecule has 3 nitrogen and oxygen atoms in total. The number of carbonyl (C=O) groups excluding carboxylic acids is 1. The molecule has 116 valence electrons. The Hall–Kier alpha value is -1.35. The van der Waals surface area contributed by atoms with Crippen LogP contribution < -0.4 is 10.6 Å². The summed E-state index contributed by atoms with van der Waals surface area (Å²) in [5.74, 6) is 0.257. The van der Waals surface area contributed by atoms with Gasteiger partial charge in [0.25, 0.3) is 0 Å². The maximum absolute atomic E-state index is 12.4. The van der Waals surface area contributed by atoms with E-state index in [2.05, 4.69) is 32.0 Å². The second-order valence-corrected chi connectivity index (χ2v) is 6.63. The van der Waals surface area contributed by atoms with Gasteiger partial charge in [-0.05, 0) is 43.4 Å². The molecular weight excluding hydrogens is 260 g/mol. The Morgan fingerprint density at radius 1 is 1.43 bits per heavy atom. The third-order valence-corrected chi connectivity index (χ3v) is 4.25. The Bertz CT molecular complexity index is 510. The number of hydrogen-bond donors (Lipinski definition) is 1. The van der Waals surface area contributed by atoms with Crippen molar-refractivity contribution in [1.29, 1.82) is 0 Å². The lowest BCUT2D eigenvalue weighted by molar-refractivity contribution is -0.121. The zero-order valence-electron chi connectivity index (χ0n) is 13.7. The van der Waals surface area contributed by atoms with Crippen LogP contribution in [0, 0.1) is 5.92 Å². The van der Waals surface area contributed by atoms with Crippen LogP contribution in [0.25, 0.3) is 0 Å². The molecule has 2 N–H and O–H groups in total. The third-order valence-electron chi connectivity index (χ3n) is 4.25. The fourth-order valence-corrected chi connectivity index (χ4v) is 3.20. The SMILES string of the molecule is CCCC(N)Cc1ccc2c(c1)CC(C)N2C(=O)C(C)C. The Balaban J connectivity index is 2.19. The molecule has 0 saturated carbocycles. The molecule has 0 spiro atoms. The van der Waals surface area contributed by atoms with Crippen LogP contribution in [0.4, 0.5) is 5.69 Å². The highest BCUT2D eigenvalue weighted by molar-refractivity contribution is 5.97. The molecule has 1 heterocycles. The first-order chi connectivity index (χ1) is 9.93. The van der Waals surface area contributed by atoms with Gasteiger partial charge in [-0.15, -0.1) is 0 Å². The molecule has 1 aromatic carbocycles. The Morgan fingerprint density at radius 3 is 2.76 bits per heavy atom. The van der Waals surface area contributed by atoms with Gasteiger partial charge in [-0.1, -0.05) is 39.3 Å². The van der Waals surface area contributed by atoms with E-state index in [1.54, 1.807) is 0 Å². The lowest BCUT2D eigenvalue weighted by Gasteiger charge is -2.24. The van der Waals surface area contributed by atoms with Gasteiger partial charge in [-0.3, -0.25) is 4.79 Å². The Kier molecular flexibility index (Phi) is 5.04. The minimum Gasteiger partial charge on any atom is -0.327 e. The van der Waals surface area contributed by atoms with Crippen molar-refractivity contribution >= 4 is 11.6 Å². The number of carbonyl (C=O) groups is 1. The van der Waals surface area contributed by atoms with Gasteiger partial charge < -0.3 is 10.6 Å². The minimum absolute atomic E-state index is 0.0380. The molecule has 1 aliphatic heterocycles. The second kappa shape index (κ2) is 6.61. The van der Waals surface area contributed by atoms with E-state index in [-0.39, 0.29) is 23.9 Å². The molecule has 2 atom stereocenters. The summed E-state index contributed by atoms with van der Waals surface area (Å²) in [6.07, 6.45) is 4.06. The molecule has 0 saturated heterocycles. The van der Waals surface area contributed by atoms with Crippen molar-refractivity contribution in [2.24, 2.45) is 11.7 Å². The van der Waals surface area contributed by atoms with Gasteiger partial charge in [-0.2, -0.15) is 0 Å². The van der Waals surface area contributed by atoms with Crippen LogP contribution in [-0.2, 0) is 17.6 Å². The van der Waals surface area contributed by atoms with E-state index >= 15 is 0 Å². The standard InChI is InChI=1S/C18H28N2O/c1-5-6-16(19)11-14-7-8-17-15(10-14)9-13(4)20(17)18(21)12(2)3/h7-8,10,12-13,16H,5-6,9,11,19H2,1-4H3. The number of fused-ring (bicyclic) bond motifs is 1. The van der Waals surface area contributed by atoms with Crippen molar-refractivity contribution < 1.29 is 4.79 Å². The second-order valence-electron chi connectivity index (χ2n) is 6.63. The van der Waals surface area contributed by atoms with Gasteiger partial charge >= 0.3 is 0 Å². The molecule has 0 bridgehead atoms. The number of amides is 1. The van der Waals surface area contributed by atoms with Crippen molar-refractivity contribution in [1.82, 2.24) is 0 Å². The molecule has 2 rings (SSSR count). The highest BCUT2D eigenvalue weighted by atomic mass is 16.2. The molecule has 0 radical (unpaired) electrons. The van der Waals surface area contributed by atoms with Crippen LogP contribution >= 0.6 is 0 Å². The first-order valence-corrected chi connectivity index (χ1v) is 8.14. The number of nitrogens with two attached hydrogens (primary N) is 1. The van der Waals surface area contributed by atoms with Crippen molar-refractivity contribution in [3.05, 3.63) is 29.3 Å². The third kappa shape index (κ3) is 3.46. The average molecular weight is 288 g/mol. The zero-order chi connectivity index (χ0) is 15.6. The highest BCUT2D eigenvalue weighted by Gasteiger charge is 2.32. The summed E-state index contributed by atoms with van der Waals surface area (Å²) < 4.78 is 0. The average Bonchev–Trinajstić information content (AvgIpc) is 2.73. The number of rotatable bonds is 5. The molecule has 1 aliphatic rings. The summed E-state index contributed by atoms with van der Waals surface area (Å²) >= 11 is 0. The molecule has 0 fully saturated rings. The van der Waals surface area contributed by atoms with Crippen LogP contribution in [0.2, 0.25) is 0 Å². The van der Waals surface area contributed by atoms with Crippen molar-refractivity contribution in [2.75, 3.05) is 4.90 Å². The van der Waals surface area contributed by atoms with Crippen LogP contribution in [0.15, 0.2) is 18.2 Å². The molecule has 1 aromatic rings. The van der Waals surface area contributed by atoms with Crippen LogP contribution in [0.3, 0.4) is 0 Å². The van der Waals surface area contributed by atoms with Gasteiger partial charge in [0.15, 0.2) is 0 Å². The normalized spacial score (nSPS) is 19.0. The molecular formula is C18H28N2O. The van der Waals surface area contributed by atoms with Gasteiger partial charge in [0.05, 0.1) is 0 Å². The van der Waals surface area contributed by atoms with E-state index in [9.17, 15) is 4.79 Å². The molecule has 21 heavy (non-hydrogen) atoms. The fraction of sp³-hybridized carbons (Fsp3) is 0.611. The topological polar surface area (TPSA) is 46.3 Å². The summed E-state index contributed by atoms with van der Waals surface area (Å²) in [6.45, 7) is 8.22.